The molecule has 2 N–H and O–H groups in total. The SMILES string of the molecule is COc1cc([C@@H]2c3cc4c(cc3N(N)[C@H]3COC(=O)N23)OCO4)cc(OC)c1OC. The number of cyclic esters (lactones) is 1. The molecule has 1 saturated heterocycles. The van der Waals surface area contributed by atoms with E-state index in [9.17, 15) is 4.79 Å². The van der Waals surface area contributed by atoms with Crippen LogP contribution in [-0.2, 0) is 4.74 Å². The third kappa shape index (κ3) is 2.50. The Bertz CT molecular complexity index is 1000. The van der Waals surface area contributed by atoms with Gasteiger partial charge in [0.1, 0.15) is 6.61 Å². The summed E-state index contributed by atoms with van der Waals surface area (Å²) < 4.78 is 32.9. The maximum atomic E-state index is 12.7. The Kier molecular flexibility index (Phi) is 4.17. The zero-order valence-electron chi connectivity index (χ0n) is 16.7. The molecule has 2 atom stereocenters. The summed E-state index contributed by atoms with van der Waals surface area (Å²) in [5.74, 6) is 9.00. The minimum absolute atomic E-state index is 0.132. The highest BCUT2D eigenvalue weighted by Gasteiger charge is 2.48. The van der Waals surface area contributed by atoms with Gasteiger partial charge < -0.3 is 28.4 Å². The minimum atomic E-state index is -0.511. The summed E-state index contributed by atoms with van der Waals surface area (Å²) in [5.41, 5.74) is 2.24. The summed E-state index contributed by atoms with van der Waals surface area (Å²) in [7, 11) is 4.63. The second kappa shape index (κ2) is 6.77. The van der Waals surface area contributed by atoms with E-state index in [0.717, 1.165) is 16.8 Å². The summed E-state index contributed by atoms with van der Waals surface area (Å²) in [4.78, 5) is 14.3. The highest BCUT2D eigenvalue weighted by Crippen LogP contribution is 2.50. The highest BCUT2D eigenvalue weighted by atomic mass is 16.7. The number of carbonyl (C=O) groups is 1. The first-order valence-electron chi connectivity index (χ1n) is 9.29. The molecule has 5 rings (SSSR count). The number of hydrazine groups is 1. The number of ether oxygens (including phenoxy) is 6. The van der Waals surface area contributed by atoms with E-state index < -0.39 is 18.3 Å². The smallest absolute Gasteiger partial charge is 0.412 e. The van der Waals surface area contributed by atoms with Gasteiger partial charge in [0, 0.05) is 11.6 Å². The summed E-state index contributed by atoms with van der Waals surface area (Å²) in [5, 5.41) is 1.52. The monoisotopic (exact) mass is 415 g/mol. The van der Waals surface area contributed by atoms with Gasteiger partial charge in [-0.3, -0.25) is 9.91 Å². The number of methoxy groups -OCH3 is 3. The van der Waals surface area contributed by atoms with Crippen LogP contribution in [0.5, 0.6) is 28.7 Å². The van der Waals surface area contributed by atoms with Gasteiger partial charge in [-0.1, -0.05) is 0 Å². The summed E-state index contributed by atoms with van der Waals surface area (Å²) in [6.45, 7) is 0.275. The number of rotatable bonds is 4. The number of fused-ring (bicyclic) bond motifs is 3. The number of hydrogen-bond acceptors (Lipinski definition) is 9. The molecule has 3 aliphatic rings. The normalized spacial score (nSPS) is 21.1. The summed E-state index contributed by atoms with van der Waals surface area (Å²) in [6.07, 6.45) is -0.938. The number of hydrogen-bond donors (Lipinski definition) is 1. The number of nitrogens with zero attached hydrogens (tertiary/aromatic N) is 2. The van der Waals surface area contributed by atoms with Gasteiger partial charge in [-0.25, -0.2) is 10.6 Å². The lowest BCUT2D eigenvalue weighted by Crippen LogP contribution is -2.56. The van der Waals surface area contributed by atoms with Crippen molar-refractivity contribution >= 4 is 11.8 Å². The van der Waals surface area contributed by atoms with E-state index in [-0.39, 0.29) is 13.4 Å². The molecule has 10 nitrogen and oxygen atoms in total. The lowest BCUT2D eigenvalue weighted by Gasteiger charge is -2.43. The van der Waals surface area contributed by atoms with Crippen LogP contribution < -0.4 is 34.5 Å². The zero-order chi connectivity index (χ0) is 21.0. The highest BCUT2D eigenvalue weighted by molar-refractivity contribution is 5.77. The van der Waals surface area contributed by atoms with Crippen molar-refractivity contribution < 1.29 is 33.2 Å². The van der Waals surface area contributed by atoms with Gasteiger partial charge in [0.05, 0.1) is 33.1 Å². The zero-order valence-corrected chi connectivity index (χ0v) is 16.7. The molecule has 1 fully saturated rings. The number of nitrogens with two attached hydrogens (primary N) is 1. The molecule has 10 heteroatoms. The lowest BCUT2D eigenvalue weighted by atomic mass is 9.92. The van der Waals surface area contributed by atoms with Crippen LogP contribution in [0.15, 0.2) is 24.3 Å². The standard InChI is InChI=1S/C20H21N3O7/c1-25-15-4-10(5-16(26-2)19(15)27-3)18-11-6-13-14(30-9-29-13)7-12(11)23(21)17-8-28-20(24)22(17)18/h4-7,17-18H,8-9,21H2,1-3H3/t17-,18+/m0/s1. The molecular formula is C20H21N3O7. The van der Waals surface area contributed by atoms with Crippen molar-refractivity contribution in [3.63, 3.8) is 0 Å². The van der Waals surface area contributed by atoms with Gasteiger partial charge in [0.2, 0.25) is 12.5 Å². The Morgan fingerprint density at radius 2 is 1.63 bits per heavy atom. The van der Waals surface area contributed by atoms with Crippen molar-refractivity contribution in [2.45, 2.75) is 12.2 Å². The van der Waals surface area contributed by atoms with Crippen LogP contribution >= 0.6 is 0 Å². The Morgan fingerprint density at radius 3 is 2.27 bits per heavy atom. The fourth-order valence-corrected chi connectivity index (χ4v) is 4.21. The van der Waals surface area contributed by atoms with Gasteiger partial charge in [-0.2, -0.15) is 0 Å². The van der Waals surface area contributed by atoms with Crippen LogP contribution in [0, 0.1) is 0 Å². The first kappa shape index (κ1) is 18.5. The number of benzene rings is 2. The predicted molar refractivity (Wildman–Crippen MR) is 104 cm³/mol. The largest absolute Gasteiger partial charge is 0.493 e. The van der Waals surface area contributed by atoms with Crippen molar-refractivity contribution in [1.82, 2.24) is 4.90 Å². The molecule has 0 aliphatic carbocycles. The van der Waals surface area contributed by atoms with Gasteiger partial charge >= 0.3 is 6.09 Å². The average molecular weight is 415 g/mol. The van der Waals surface area contributed by atoms with Crippen molar-refractivity contribution in [3.8, 4) is 28.7 Å². The molecule has 3 heterocycles. The maximum absolute atomic E-state index is 12.7. The third-order valence-electron chi connectivity index (χ3n) is 5.58. The van der Waals surface area contributed by atoms with E-state index in [4.69, 9.17) is 34.3 Å². The minimum Gasteiger partial charge on any atom is -0.493 e. The molecule has 0 saturated carbocycles. The molecule has 0 radical (unpaired) electrons. The molecule has 1 amide bonds. The van der Waals surface area contributed by atoms with Crippen LogP contribution in [0.4, 0.5) is 10.5 Å². The number of carbonyl (C=O) groups excluding carboxylic acids is 1. The molecule has 2 aromatic rings. The van der Waals surface area contributed by atoms with Crippen LogP contribution in [0.2, 0.25) is 0 Å². The topological polar surface area (TPSA) is 105 Å². The Hall–Kier alpha value is -3.53. The lowest BCUT2D eigenvalue weighted by molar-refractivity contribution is 0.147. The Labute approximate surface area is 172 Å². The molecule has 158 valence electrons. The van der Waals surface area contributed by atoms with E-state index in [0.29, 0.717) is 28.7 Å². The van der Waals surface area contributed by atoms with E-state index in [1.54, 1.807) is 19.1 Å². The van der Waals surface area contributed by atoms with E-state index in [1.807, 2.05) is 24.3 Å². The number of amides is 1. The third-order valence-corrected chi connectivity index (χ3v) is 5.58. The van der Waals surface area contributed by atoms with Gasteiger partial charge in [0.15, 0.2) is 29.2 Å². The van der Waals surface area contributed by atoms with Crippen LogP contribution in [0.3, 0.4) is 0 Å². The second-order valence-corrected chi connectivity index (χ2v) is 7.00. The predicted octanol–water partition coefficient (Wildman–Crippen LogP) is 2.00. The molecular weight excluding hydrogens is 394 g/mol. The molecule has 0 bridgehead atoms. The molecule has 3 aliphatic heterocycles. The first-order valence-corrected chi connectivity index (χ1v) is 9.29. The van der Waals surface area contributed by atoms with Crippen molar-refractivity contribution in [1.29, 1.82) is 0 Å². The van der Waals surface area contributed by atoms with Crippen molar-refractivity contribution in [2.75, 3.05) is 39.7 Å². The summed E-state index contributed by atoms with van der Waals surface area (Å²) >= 11 is 0. The quantitative estimate of drug-likeness (QED) is 0.751. The maximum Gasteiger partial charge on any atom is 0.412 e. The van der Waals surface area contributed by atoms with Crippen molar-refractivity contribution in [2.24, 2.45) is 5.84 Å². The van der Waals surface area contributed by atoms with Gasteiger partial charge in [0.25, 0.3) is 0 Å². The van der Waals surface area contributed by atoms with Crippen LogP contribution in [0.1, 0.15) is 17.2 Å². The van der Waals surface area contributed by atoms with Gasteiger partial charge in [-0.05, 0) is 23.8 Å². The van der Waals surface area contributed by atoms with Crippen LogP contribution in [0.25, 0.3) is 0 Å². The van der Waals surface area contributed by atoms with E-state index in [2.05, 4.69) is 0 Å². The fraction of sp³-hybridized carbons (Fsp3) is 0.350. The first-order chi connectivity index (χ1) is 14.6. The molecule has 0 aromatic heterocycles. The van der Waals surface area contributed by atoms with E-state index in [1.165, 1.54) is 12.1 Å². The summed E-state index contributed by atoms with van der Waals surface area (Å²) in [6, 6.07) is 6.78. The molecule has 0 spiro atoms. The molecule has 2 aromatic carbocycles. The molecule has 0 unspecified atom stereocenters. The molecule has 30 heavy (non-hydrogen) atoms. The fourth-order valence-electron chi connectivity index (χ4n) is 4.21. The second-order valence-electron chi connectivity index (χ2n) is 7.00. The van der Waals surface area contributed by atoms with Gasteiger partial charge in [-0.15, -0.1) is 0 Å². The number of anilines is 1. The Balaban J connectivity index is 1.74. The van der Waals surface area contributed by atoms with E-state index >= 15 is 0 Å². The Morgan fingerprint density at radius 1 is 0.967 bits per heavy atom. The average Bonchev–Trinajstić information content (AvgIpc) is 3.38. The van der Waals surface area contributed by atoms with Crippen molar-refractivity contribution in [3.05, 3.63) is 35.4 Å². The van der Waals surface area contributed by atoms with Crippen LogP contribution in [-0.4, -0.2) is 51.9 Å².